The van der Waals surface area contributed by atoms with Crippen LogP contribution in [0.1, 0.15) is 17.3 Å². The third-order valence-corrected chi connectivity index (χ3v) is 2.52. The summed E-state index contributed by atoms with van der Waals surface area (Å²) in [5.41, 5.74) is 4.38. The van der Waals surface area contributed by atoms with Crippen LogP contribution in [-0.4, -0.2) is 26.9 Å². The maximum Gasteiger partial charge on any atom is 0.161 e. The van der Waals surface area contributed by atoms with Crippen LogP contribution >= 0.6 is 0 Å². The molecule has 0 aliphatic rings. The Morgan fingerprint density at radius 2 is 2.06 bits per heavy atom. The molecule has 2 rings (SSSR count). The molecule has 3 N–H and O–H groups in total. The molecule has 0 aromatic carbocycles. The fourth-order valence-electron chi connectivity index (χ4n) is 1.71. The van der Waals surface area contributed by atoms with Gasteiger partial charge in [0.05, 0.1) is 19.3 Å². The summed E-state index contributed by atoms with van der Waals surface area (Å²) in [6.45, 7) is 0. The quantitative estimate of drug-likeness (QED) is 0.561. The van der Waals surface area contributed by atoms with Gasteiger partial charge in [0.1, 0.15) is 12.0 Å². The van der Waals surface area contributed by atoms with E-state index in [0.29, 0.717) is 5.75 Å². The molecule has 0 aliphatic heterocycles. The van der Waals surface area contributed by atoms with E-state index in [9.17, 15) is 0 Å². The third-order valence-electron chi connectivity index (χ3n) is 2.52. The molecule has 1 atom stereocenters. The lowest BCUT2D eigenvalue weighted by Crippen LogP contribution is -2.30. The third kappa shape index (κ3) is 2.10. The number of hydrogen-bond donors (Lipinski definition) is 2. The predicted molar refractivity (Wildman–Crippen MR) is 61.0 cm³/mol. The molecule has 0 bridgehead atoms. The lowest BCUT2D eigenvalue weighted by molar-refractivity contribution is 0.401. The molecule has 0 saturated carbocycles. The van der Waals surface area contributed by atoms with E-state index in [1.165, 1.54) is 6.33 Å². The molecule has 0 saturated heterocycles. The van der Waals surface area contributed by atoms with Gasteiger partial charge in [-0.25, -0.2) is 15.4 Å². The monoisotopic (exact) mass is 234 g/mol. The van der Waals surface area contributed by atoms with Crippen molar-refractivity contribution in [1.29, 1.82) is 0 Å². The molecule has 90 valence electrons. The van der Waals surface area contributed by atoms with Crippen LogP contribution in [0, 0.1) is 0 Å². The Kier molecular flexibility index (Phi) is 3.31. The minimum Gasteiger partial charge on any atom is -0.493 e. The lowest BCUT2D eigenvalue weighted by Gasteiger charge is -2.17. The molecule has 2 aromatic heterocycles. The number of methoxy groups -OCH3 is 1. The van der Waals surface area contributed by atoms with E-state index in [4.69, 9.17) is 10.6 Å². The Hall–Kier alpha value is -1.99. The summed E-state index contributed by atoms with van der Waals surface area (Å²) in [4.78, 5) is 7.94. The highest BCUT2D eigenvalue weighted by molar-refractivity contribution is 5.34. The van der Waals surface area contributed by atoms with Gasteiger partial charge >= 0.3 is 0 Å². The first kappa shape index (κ1) is 11.5. The zero-order valence-corrected chi connectivity index (χ0v) is 9.66. The zero-order chi connectivity index (χ0) is 12.3. The van der Waals surface area contributed by atoms with Crippen molar-refractivity contribution >= 4 is 0 Å². The normalized spacial score (nSPS) is 12.4. The fourth-order valence-corrected chi connectivity index (χ4v) is 1.71. The fraction of sp³-hybridized carbons (Fsp3) is 0.300. The molecule has 0 amide bonds. The lowest BCUT2D eigenvalue weighted by atomic mass is 10.1. The highest BCUT2D eigenvalue weighted by atomic mass is 16.5. The van der Waals surface area contributed by atoms with Crippen molar-refractivity contribution in [2.75, 3.05) is 7.11 Å². The van der Waals surface area contributed by atoms with Crippen molar-refractivity contribution < 1.29 is 4.74 Å². The van der Waals surface area contributed by atoms with Crippen LogP contribution in [0.25, 0.3) is 0 Å². The summed E-state index contributed by atoms with van der Waals surface area (Å²) >= 11 is 0. The number of rotatable bonds is 4. The average molecular weight is 234 g/mol. The summed E-state index contributed by atoms with van der Waals surface area (Å²) in [7, 11) is 3.42. The van der Waals surface area contributed by atoms with E-state index in [1.807, 2.05) is 7.05 Å². The van der Waals surface area contributed by atoms with Crippen molar-refractivity contribution in [3.8, 4) is 5.75 Å². The number of nitrogens with two attached hydrogens (primary N) is 1. The maximum absolute atomic E-state index is 5.59. The molecular weight excluding hydrogens is 220 g/mol. The molecule has 2 heterocycles. The van der Waals surface area contributed by atoms with Crippen molar-refractivity contribution in [2.45, 2.75) is 6.04 Å². The number of hydrazine groups is 1. The molecule has 1 unspecified atom stereocenters. The minimum atomic E-state index is -0.265. The summed E-state index contributed by atoms with van der Waals surface area (Å²) in [5.74, 6) is 6.25. The van der Waals surface area contributed by atoms with Gasteiger partial charge in [-0.3, -0.25) is 10.5 Å². The van der Waals surface area contributed by atoms with Crippen LogP contribution in [0.3, 0.4) is 0 Å². The van der Waals surface area contributed by atoms with Gasteiger partial charge in [-0.1, -0.05) is 0 Å². The predicted octanol–water partition coefficient (Wildman–Crippen LogP) is -0.229. The standard InChI is InChI=1S/C10H14N6O/c1-16-10(8(17-2)5-14-16)9(15-11)7-3-12-6-13-4-7/h3-6,9,15H,11H2,1-2H3. The van der Waals surface area contributed by atoms with Crippen LogP contribution in [0.4, 0.5) is 0 Å². The number of ether oxygens (including phenoxy) is 1. The van der Waals surface area contributed by atoms with Gasteiger partial charge in [-0.05, 0) is 0 Å². The second kappa shape index (κ2) is 4.89. The first-order valence-electron chi connectivity index (χ1n) is 5.04. The molecule has 0 radical (unpaired) electrons. The van der Waals surface area contributed by atoms with Gasteiger partial charge < -0.3 is 4.74 Å². The maximum atomic E-state index is 5.59. The van der Waals surface area contributed by atoms with Gasteiger partial charge in [0.25, 0.3) is 0 Å². The molecule has 0 aliphatic carbocycles. The van der Waals surface area contributed by atoms with Gasteiger partial charge in [0, 0.05) is 25.0 Å². The summed E-state index contributed by atoms with van der Waals surface area (Å²) in [5, 5.41) is 4.14. The van der Waals surface area contributed by atoms with Gasteiger partial charge in [0.15, 0.2) is 5.75 Å². The summed E-state index contributed by atoms with van der Waals surface area (Å²) in [6.07, 6.45) is 6.51. The molecule has 7 heteroatoms. The smallest absolute Gasteiger partial charge is 0.161 e. The Labute approximate surface area is 98.6 Å². The van der Waals surface area contributed by atoms with Gasteiger partial charge in [0.2, 0.25) is 0 Å². The number of nitrogens with zero attached hydrogens (tertiary/aromatic N) is 4. The van der Waals surface area contributed by atoms with E-state index in [2.05, 4.69) is 20.5 Å². The largest absolute Gasteiger partial charge is 0.493 e. The molecule has 2 aromatic rings. The van der Waals surface area contributed by atoms with E-state index in [1.54, 1.807) is 30.4 Å². The van der Waals surface area contributed by atoms with Crippen LogP contribution < -0.4 is 16.0 Å². The Morgan fingerprint density at radius 1 is 1.35 bits per heavy atom. The van der Waals surface area contributed by atoms with Crippen LogP contribution in [0.15, 0.2) is 24.9 Å². The van der Waals surface area contributed by atoms with Crippen molar-refractivity contribution in [1.82, 2.24) is 25.2 Å². The van der Waals surface area contributed by atoms with E-state index >= 15 is 0 Å². The van der Waals surface area contributed by atoms with E-state index < -0.39 is 0 Å². The first-order chi connectivity index (χ1) is 8.27. The second-order valence-corrected chi connectivity index (χ2v) is 3.49. The number of aromatic nitrogens is 4. The molecule has 0 fully saturated rings. The average Bonchev–Trinajstić information content (AvgIpc) is 2.74. The molecule has 7 nitrogen and oxygen atoms in total. The summed E-state index contributed by atoms with van der Waals surface area (Å²) < 4.78 is 6.96. The minimum absolute atomic E-state index is 0.265. The zero-order valence-electron chi connectivity index (χ0n) is 9.66. The highest BCUT2D eigenvalue weighted by Crippen LogP contribution is 2.27. The van der Waals surface area contributed by atoms with Crippen molar-refractivity contribution in [3.63, 3.8) is 0 Å². The first-order valence-corrected chi connectivity index (χ1v) is 5.04. The van der Waals surface area contributed by atoms with E-state index in [0.717, 1.165) is 11.3 Å². The van der Waals surface area contributed by atoms with Gasteiger partial charge in [-0.2, -0.15) is 5.10 Å². The highest BCUT2D eigenvalue weighted by Gasteiger charge is 2.21. The Bertz CT molecular complexity index is 483. The second-order valence-electron chi connectivity index (χ2n) is 3.49. The number of nitrogens with one attached hydrogen (secondary N) is 1. The van der Waals surface area contributed by atoms with Crippen molar-refractivity contribution in [3.05, 3.63) is 36.2 Å². The SMILES string of the molecule is COc1cnn(C)c1C(NN)c1cncnc1. The van der Waals surface area contributed by atoms with Crippen LogP contribution in [-0.2, 0) is 7.05 Å². The van der Waals surface area contributed by atoms with E-state index in [-0.39, 0.29) is 6.04 Å². The topological polar surface area (TPSA) is 90.9 Å². The molecule has 17 heavy (non-hydrogen) atoms. The van der Waals surface area contributed by atoms with Crippen LogP contribution in [0.5, 0.6) is 5.75 Å². The summed E-state index contributed by atoms with van der Waals surface area (Å²) in [6, 6.07) is -0.265. The Balaban J connectivity index is 2.45. The number of hydrogen-bond acceptors (Lipinski definition) is 6. The molecular formula is C10H14N6O. The Morgan fingerprint density at radius 3 is 2.65 bits per heavy atom. The number of aryl methyl sites for hydroxylation is 1. The van der Waals surface area contributed by atoms with Crippen LogP contribution in [0.2, 0.25) is 0 Å². The molecule has 0 spiro atoms. The van der Waals surface area contributed by atoms with Gasteiger partial charge in [-0.15, -0.1) is 0 Å². The van der Waals surface area contributed by atoms with Crippen molar-refractivity contribution in [2.24, 2.45) is 12.9 Å².